The molecule has 2 N–H and O–H groups in total. The van der Waals surface area contributed by atoms with Gasteiger partial charge in [-0.3, -0.25) is 4.79 Å². The van der Waals surface area contributed by atoms with E-state index in [4.69, 9.17) is 0 Å². The van der Waals surface area contributed by atoms with E-state index in [1.165, 1.54) is 0 Å². The second-order valence-corrected chi connectivity index (χ2v) is 4.37. The molecule has 2 aromatic rings. The van der Waals surface area contributed by atoms with Crippen molar-refractivity contribution in [1.29, 1.82) is 0 Å². The van der Waals surface area contributed by atoms with Gasteiger partial charge in [-0.15, -0.1) is 0 Å². The van der Waals surface area contributed by atoms with Gasteiger partial charge in [0.1, 0.15) is 0 Å². The molecule has 0 saturated heterocycles. The highest BCUT2D eigenvalue weighted by Gasteiger charge is 2.15. The van der Waals surface area contributed by atoms with E-state index in [0.29, 0.717) is 12.1 Å². The summed E-state index contributed by atoms with van der Waals surface area (Å²) in [6, 6.07) is 18.7. The van der Waals surface area contributed by atoms with E-state index in [0.717, 1.165) is 5.56 Å². The molecule has 0 aliphatic carbocycles. The van der Waals surface area contributed by atoms with Crippen molar-refractivity contribution in [2.75, 3.05) is 6.54 Å². The third kappa shape index (κ3) is 4.07. The Bertz CT molecular complexity index is 564. The lowest BCUT2D eigenvalue weighted by Crippen LogP contribution is -2.29. The molecule has 2 rings (SSSR count). The monoisotopic (exact) mass is 267 g/mol. The maximum absolute atomic E-state index is 11.8. The number of aliphatic hydroxyl groups is 1. The van der Waals surface area contributed by atoms with Crippen LogP contribution in [0, 0.1) is 0 Å². The van der Waals surface area contributed by atoms with Crippen LogP contribution in [0.25, 0.3) is 6.08 Å². The van der Waals surface area contributed by atoms with Crippen LogP contribution in [-0.4, -0.2) is 17.6 Å². The normalized spacial score (nSPS) is 12.2. The quantitative estimate of drug-likeness (QED) is 0.874. The van der Waals surface area contributed by atoms with Gasteiger partial charge >= 0.3 is 0 Å². The molecule has 102 valence electrons. The molecular formula is C17H17NO2. The summed E-state index contributed by atoms with van der Waals surface area (Å²) in [5.74, 6) is -0.395. The fourth-order valence-corrected chi connectivity index (χ4v) is 1.80. The molecular weight excluding hydrogens is 250 g/mol. The van der Waals surface area contributed by atoms with Crippen LogP contribution in [0.1, 0.15) is 17.2 Å². The number of hydrogen-bond acceptors (Lipinski definition) is 2. The number of rotatable bonds is 5. The molecule has 0 radical (unpaired) electrons. The van der Waals surface area contributed by atoms with E-state index in [1.54, 1.807) is 24.3 Å². The minimum atomic E-state index is -1.12. The zero-order chi connectivity index (χ0) is 14.2. The smallest absolute Gasteiger partial charge is 0.253 e. The largest absolute Gasteiger partial charge is 0.378 e. The second kappa shape index (κ2) is 7.26. The predicted octanol–water partition coefficient (Wildman–Crippen LogP) is 2.55. The van der Waals surface area contributed by atoms with E-state index < -0.39 is 12.0 Å². The lowest BCUT2D eigenvalue weighted by atomic mass is 10.1. The Morgan fingerprint density at radius 3 is 2.30 bits per heavy atom. The summed E-state index contributed by atoms with van der Waals surface area (Å²) in [6.45, 7) is 0.387. The van der Waals surface area contributed by atoms with Gasteiger partial charge in [-0.25, -0.2) is 0 Å². The molecule has 1 unspecified atom stereocenters. The van der Waals surface area contributed by atoms with Crippen LogP contribution in [0.15, 0.2) is 66.7 Å². The first-order valence-electron chi connectivity index (χ1n) is 6.49. The molecule has 1 amide bonds. The number of amides is 1. The molecule has 0 aromatic heterocycles. The summed E-state index contributed by atoms with van der Waals surface area (Å²) < 4.78 is 0. The van der Waals surface area contributed by atoms with Gasteiger partial charge in [0.05, 0.1) is 0 Å². The van der Waals surface area contributed by atoms with Crippen molar-refractivity contribution in [2.45, 2.75) is 6.10 Å². The van der Waals surface area contributed by atoms with Crippen LogP contribution in [0.4, 0.5) is 0 Å². The summed E-state index contributed by atoms with van der Waals surface area (Å²) in [5, 5.41) is 12.5. The van der Waals surface area contributed by atoms with Gasteiger partial charge in [-0.1, -0.05) is 72.8 Å². The van der Waals surface area contributed by atoms with Gasteiger partial charge in [0.25, 0.3) is 5.91 Å². The van der Waals surface area contributed by atoms with Crippen LogP contribution in [-0.2, 0) is 4.79 Å². The van der Waals surface area contributed by atoms with E-state index in [-0.39, 0.29) is 0 Å². The first-order chi connectivity index (χ1) is 9.77. The van der Waals surface area contributed by atoms with E-state index in [2.05, 4.69) is 5.32 Å². The van der Waals surface area contributed by atoms with Gasteiger partial charge in [0, 0.05) is 6.54 Å². The molecule has 1 atom stereocenters. The number of hydrogen-bond donors (Lipinski definition) is 2. The standard InChI is InChI=1S/C17H17NO2/c19-16(15-11-5-2-6-12-15)17(20)18-13-7-10-14-8-3-1-4-9-14/h1-12,16,19H,13H2,(H,18,20)/b10-7+. The van der Waals surface area contributed by atoms with Crippen LogP contribution < -0.4 is 5.32 Å². The Balaban J connectivity index is 1.82. The summed E-state index contributed by atoms with van der Waals surface area (Å²) >= 11 is 0. The molecule has 0 spiro atoms. The Morgan fingerprint density at radius 2 is 1.65 bits per heavy atom. The summed E-state index contributed by atoms with van der Waals surface area (Å²) in [7, 11) is 0. The highest BCUT2D eigenvalue weighted by molar-refractivity contribution is 5.82. The molecule has 20 heavy (non-hydrogen) atoms. The molecule has 0 bridgehead atoms. The maximum atomic E-state index is 11.8. The molecule has 0 fully saturated rings. The van der Waals surface area contributed by atoms with E-state index >= 15 is 0 Å². The van der Waals surface area contributed by atoms with Crippen molar-refractivity contribution in [2.24, 2.45) is 0 Å². The second-order valence-electron chi connectivity index (χ2n) is 4.37. The number of aliphatic hydroxyl groups excluding tert-OH is 1. The zero-order valence-corrected chi connectivity index (χ0v) is 11.1. The van der Waals surface area contributed by atoms with E-state index in [1.807, 2.05) is 48.6 Å². The highest BCUT2D eigenvalue weighted by Crippen LogP contribution is 2.11. The third-order valence-electron chi connectivity index (χ3n) is 2.87. The van der Waals surface area contributed by atoms with Gasteiger partial charge in [-0.05, 0) is 11.1 Å². The highest BCUT2D eigenvalue weighted by atomic mass is 16.3. The Morgan fingerprint density at radius 1 is 1.05 bits per heavy atom. The molecule has 0 saturated carbocycles. The lowest BCUT2D eigenvalue weighted by molar-refractivity contribution is -0.129. The molecule has 2 aromatic carbocycles. The molecule has 0 aliphatic heterocycles. The van der Waals surface area contributed by atoms with Crippen molar-refractivity contribution in [3.05, 3.63) is 77.9 Å². The number of benzene rings is 2. The van der Waals surface area contributed by atoms with Crippen molar-refractivity contribution in [3.8, 4) is 0 Å². The third-order valence-corrected chi connectivity index (χ3v) is 2.87. The Hall–Kier alpha value is -2.39. The van der Waals surface area contributed by atoms with Crippen LogP contribution in [0.3, 0.4) is 0 Å². The van der Waals surface area contributed by atoms with Gasteiger partial charge in [0.2, 0.25) is 0 Å². The van der Waals surface area contributed by atoms with Crippen molar-refractivity contribution >= 4 is 12.0 Å². The number of carbonyl (C=O) groups excluding carboxylic acids is 1. The topological polar surface area (TPSA) is 49.3 Å². The van der Waals surface area contributed by atoms with Crippen molar-refractivity contribution in [3.63, 3.8) is 0 Å². The molecule has 3 nitrogen and oxygen atoms in total. The first-order valence-corrected chi connectivity index (χ1v) is 6.49. The number of carbonyl (C=O) groups is 1. The van der Waals surface area contributed by atoms with Crippen LogP contribution in [0.5, 0.6) is 0 Å². The Labute approximate surface area is 118 Å². The van der Waals surface area contributed by atoms with Crippen LogP contribution in [0.2, 0.25) is 0 Å². The van der Waals surface area contributed by atoms with Gasteiger partial charge < -0.3 is 10.4 Å². The minimum absolute atomic E-state index is 0.387. The fourth-order valence-electron chi connectivity index (χ4n) is 1.80. The summed E-state index contributed by atoms with van der Waals surface area (Å²) in [6.07, 6.45) is 2.65. The average Bonchev–Trinajstić information content (AvgIpc) is 2.52. The predicted molar refractivity (Wildman–Crippen MR) is 79.9 cm³/mol. The summed E-state index contributed by atoms with van der Waals surface area (Å²) in [5.41, 5.74) is 1.67. The lowest BCUT2D eigenvalue weighted by Gasteiger charge is -2.10. The molecule has 0 heterocycles. The zero-order valence-electron chi connectivity index (χ0n) is 11.1. The first kappa shape index (κ1) is 14.0. The molecule has 0 aliphatic rings. The number of nitrogens with one attached hydrogen (secondary N) is 1. The Kier molecular flexibility index (Phi) is 5.09. The summed E-state index contributed by atoms with van der Waals surface area (Å²) in [4.78, 5) is 11.8. The van der Waals surface area contributed by atoms with Gasteiger partial charge in [-0.2, -0.15) is 0 Å². The fraction of sp³-hybridized carbons (Fsp3) is 0.118. The van der Waals surface area contributed by atoms with Crippen molar-refractivity contribution in [1.82, 2.24) is 5.32 Å². The maximum Gasteiger partial charge on any atom is 0.253 e. The molecule has 3 heteroatoms. The minimum Gasteiger partial charge on any atom is -0.378 e. The average molecular weight is 267 g/mol. The van der Waals surface area contributed by atoms with Crippen molar-refractivity contribution < 1.29 is 9.90 Å². The van der Waals surface area contributed by atoms with Crippen LogP contribution >= 0.6 is 0 Å². The SMILES string of the molecule is O=C(NC/C=C/c1ccccc1)C(O)c1ccccc1. The van der Waals surface area contributed by atoms with E-state index in [9.17, 15) is 9.90 Å². The van der Waals surface area contributed by atoms with Gasteiger partial charge in [0.15, 0.2) is 6.10 Å².